The van der Waals surface area contributed by atoms with Crippen molar-refractivity contribution < 1.29 is 4.79 Å². The second kappa shape index (κ2) is 5.74. The van der Waals surface area contributed by atoms with Crippen LogP contribution in [0.3, 0.4) is 0 Å². The summed E-state index contributed by atoms with van der Waals surface area (Å²) >= 11 is 0. The van der Waals surface area contributed by atoms with Gasteiger partial charge < -0.3 is 11.1 Å². The third kappa shape index (κ3) is 2.52. The molecule has 104 valence electrons. The van der Waals surface area contributed by atoms with E-state index in [9.17, 15) is 4.79 Å². The lowest BCUT2D eigenvalue weighted by molar-refractivity contribution is -0.117. The molecule has 3 heteroatoms. The summed E-state index contributed by atoms with van der Waals surface area (Å²) < 4.78 is 0. The van der Waals surface area contributed by atoms with Gasteiger partial charge in [-0.1, -0.05) is 13.0 Å². The molecule has 1 aromatic rings. The Balaban J connectivity index is 2.40. The number of nitrogens with one attached hydrogen (secondary N) is 1. The first-order valence-corrected chi connectivity index (χ1v) is 7.24. The van der Waals surface area contributed by atoms with Gasteiger partial charge >= 0.3 is 0 Å². The number of amides is 1. The lowest BCUT2D eigenvalue weighted by Gasteiger charge is -2.15. The standard InChI is InChI=1S/C16H24N2O/c1-4-12-14-9-10(2)11(3)13(7-5-6-8-17)15(14)18-16(12)19/h9,12H,4-8,17H2,1-3H3,(H,18,19). The zero-order valence-electron chi connectivity index (χ0n) is 12.2. The number of nitrogens with two attached hydrogens (primary N) is 1. The minimum Gasteiger partial charge on any atom is -0.330 e. The number of hydrogen-bond acceptors (Lipinski definition) is 2. The fraction of sp³-hybridized carbons (Fsp3) is 0.562. The van der Waals surface area contributed by atoms with Gasteiger partial charge in [0.1, 0.15) is 0 Å². The van der Waals surface area contributed by atoms with Gasteiger partial charge in [0.05, 0.1) is 5.92 Å². The minimum absolute atomic E-state index is 0.0301. The van der Waals surface area contributed by atoms with E-state index in [0.717, 1.165) is 37.9 Å². The van der Waals surface area contributed by atoms with Crippen molar-refractivity contribution in [2.45, 2.75) is 52.4 Å². The molecule has 1 heterocycles. The largest absolute Gasteiger partial charge is 0.330 e. The van der Waals surface area contributed by atoms with Gasteiger partial charge in [0.2, 0.25) is 5.91 Å². The first-order valence-electron chi connectivity index (χ1n) is 7.24. The van der Waals surface area contributed by atoms with Crippen LogP contribution in [0.15, 0.2) is 6.07 Å². The number of carbonyl (C=O) groups excluding carboxylic acids is 1. The highest BCUT2D eigenvalue weighted by atomic mass is 16.2. The van der Waals surface area contributed by atoms with Crippen LogP contribution in [0, 0.1) is 13.8 Å². The van der Waals surface area contributed by atoms with E-state index in [1.807, 2.05) is 0 Å². The summed E-state index contributed by atoms with van der Waals surface area (Å²) in [6, 6.07) is 2.18. The second-order valence-corrected chi connectivity index (χ2v) is 5.46. The topological polar surface area (TPSA) is 55.1 Å². The molecule has 1 atom stereocenters. The normalized spacial score (nSPS) is 17.5. The van der Waals surface area contributed by atoms with Gasteiger partial charge in [-0.25, -0.2) is 0 Å². The Morgan fingerprint density at radius 3 is 2.68 bits per heavy atom. The zero-order chi connectivity index (χ0) is 14.0. The van der Waals surface area contributed by atoms with E-state index in [1.165, 1.54) is 22.3 Å². The number of unbranched alkanes of at least 4 members (excludes halogenated alkanes) is 1. The molecule has 0 aliphatic carbocycles. The van der Waals surface area contributed by atoms with Crippen molar-refractivity contribution in [1.82, 2.24) is 0 Å². The van der Waals surface area contributed by atoms with Crippen LogP contribution in [0.1, 0.15) is 54.4 Å². The third-order valence-corrected chi connectivity index (χ3v) is 4.24. The summed E-state index contributed by atoms with van der Waals surface area (Å²) in [6.07, 6.45) is 3.99. The van der Waals surface area contributed by atoms with E-state index in [-0.39, 0.29) is 11.8 Å². The van der Waals surface area contributed by atoms with Gasteiger partial charge in [0.15, 0.2) is 0 Å². The Kier molecular flexibility index (Phi) is 4.25. The van der Waals surface area contributed by atoms with E-state index in [2.05, 4.69) is 32.2 Å². The molecule has 0 aromatic heterocycles. The van der Waals surface area contributed by atoms with Crippen molar-refractivity contribution in [2.24, 2.45) is 5.73 Å². The fourth-order valence-electron chi connectivity index (χ4n) is 2.95. The Labute approximate surface area is 115 Å². The molecule has 1 aromatic carbocycles. The first kappa shape index (κ1) is 14.1. The van der Waals surface area contributed by atoms with E-state index >= 15 is 0 Å². The predicted molar refractivity (Wildman–Crippen MR) is 79.6 cm³/mol. The van der Waals surface area contributed by atoms with E-state index in [0.29, 0.717) is 0 Å². The molecule has 2 rings (SSSR count). The molecule has 0 bridgehead atoms. The lowest BCUT2D eigenvalue weighted by Crippen LogP contribution is -2.11. The van der Waals surface area contributed by atoms with E-state index in [1.54, 1.807) is 0 Å². The Hall–Kier alpha value is -1.35. The molecule has 0 saturated heterocycles. The van der Waals surface area contributed by atoms with Crippen LogP contribution in [0.5, 0.6) is 0 Å². The molecular weight excluding hydrogens is 236 g/mol. The van der Waals surface area contributed by atoms with Gasteiger partial charge in [0.25, 0.3) is 0 Å². The summed E-state index contributed by atoms with van der Waals surface area (Å²) in [6.45, 7) is 7.09. The monoisotopic (exact) mass is 260 g/mol. The molecule has 1 amide bonds. The maximum atomic E-state index is 12.0. The molecule has 0 spiro atoms. The molecule has 1 unspecified atom stereocenters. The van der Waals surface area contributed by atoms with Crippen LogP contribution in [-0.4, -0.2) is 12.5 Å². The number of anilines is 1. The van der Waals surface area contributed by atoms with Crippen molar-refractivity contribution in [1.29, 1.82) is 0 Å². The Bertz CT molecular complexity index is 494. The fourth-order valence-corrected chi connectivity index (χ4v) is 2.95. The summed E-state index contributed by atoms with van der Waals surface area (Å²) in [5, 5.41) is 3.09. The van der Waals surface area contributed by atoms with Gasteiger partial charge in [-0.3, -0.25) is 4.79 Å². The van der Waals surface area contributed by atoms with Gasteiger partial charge in [-0.15, -0.1) is 0 Å². The van der Waals surface area contributed by atoms with Crippen molar-refractivity contribution in [3.8, 4) is 0 Å². The number of benzene rings is 1. The number of carbonyl (C=O) groups is 1. The maximum absolute atomic E-state index is 12.0. The molecule has 0 saturated carbocycles. The zero-order valence-corrected chi connectivity index (χ0v) is 12.2. The highest BCUT2D eigenvalue weighted by Crippen LogP contribution is 2.40. The number of aryl methyl sites for hydroxylation is 1. The molecule has 1 aliphatic heterocycles. The molecular formula is C16H24N2O. The number of rotatable bonds is 5. The molecule has 0 fully saturated rings. The predicted octanol–water partition coefficient (Wildman–Crippen LogP) is 3.03. The maximum Gasteiger partial charge on any atom is 0.232 e. The third-order valence-electron chi connectivity index (χ3n) is 4.24. The molecule has 1 aliphatic rings. The van der Waals surface area contributed by atoms with Crippen LogP contribution in [0.25, 0.3) is 0 Å². The lowest BCUT2D eigenvalue weighted by atomic mass is 9.89. The minimum atomic E-state index is 0.0301. The summed E-state index contributed by atoms with van der Waals surface area (Å²) in [7, 11) is 0. The van der Waals surface area contributed by atoms with Crippen molar-refractivity contribution in [3.05, 3.63) is 28.3 Å². The number of fused-ring (bicyclic) bond motifs is 1. The SMILES string of the molecule is CCC1C(=O)Nc2c1cc(C)c(C)c2CCCCN. The van der Waals surface area contributed by atoms with Crippen LogP contribution in [-0.2, 0) is 11.2 Å². The molecule has 3 N–H and O–H groups in total. The van der Waals surface area contributed by atoms with Crippen molar-refractivity contribution in [2.75, 3.05) is 11.9 Å². The Morgan fingerprint density at radius 1 is 1.32 bits per heavy atom. The molecule has 0 radical (unpaired) electrons. The first-order chi connectivity index (χ1) is 9.10. The van der Waals surface area contributed by atoms with Crippen LogP contribution < -0.4 is 11.1 Å². The van der Waals surface area contributed by atoms with E-state index in [4.69, 9.17) is 5.73 Å². The second-order valence-electron chi connectivity index (χ2n) is 5.46. The smallest absolute Gasteiger partial charge is 0.232 e. The summed E-state index contributed by atoms with van der Waals surface area (Å²) in [5.74, 6) is 0.185. The van der Waals surface area contributed by atoms with E-state index < -0.39 is 0 Å². The van der Waals surface area contributed by atoms with Crippen molar-refractivity contribution >= 4 is 11.6 Å². The quantitative estimate of drug-likeness (QED) is 0.800. The van der Waals surface area contributed by atoms with Gasteiger partial charge in [0, 0.05) is 5.69 Å². The van der Waals surface area contributed by atoms with Crippen LogP contribution in [0.4, 0.5) is 5.69 Å². The summed E-state index contributed by atoms with van der Waals surface area (Å²) in [4.78, 5) is 12.0. The highest BCUT2D eigenvalue weighted by Gasteiger charge is 2.31. The van der Waals surface area contributed by atoms with Gasteiger partial charge in [-0.2, -0.15) is 0 Å². The summed E-state index contributed by atoms with van der Waals surface area (Å²) in [5.41, 5.74) is 11.8. The Morgan fingerprint density at radius 2 is 2.05 bits per heavy atom. The van der Waals surface area contributed by atoms with Crippen molar-refractivity contribution in [3.63, 3.8) is 0 Å². The average Bonchev–Trinajstić information content (AvgIpc) is 2.69. The van der Waals surface area contributed by atoms with Crippen LogP contribution in [0.2, 0.25) is 0 Å². The number of hydrogen-bond donors (Lipinski definition) is 2. The van der Waals surface area contributed by atoms with Crippen LogP contribution >= 0.6 is 0 Å². The molecule has 3 nitrogen and oxygen atoms in total. The highest BCUT2D eigenvalue weighted by molar-refractivity contribution is 6.04. The average molecular weight is 260 g/mol. The van der Waals surface area contributed by atoms with Gasteiger partial charge in [-0.05, 0) is 68.3 Å². The molecule has 19 heavy (non-hydrogen) atoms.